The van der Waals surface area contributed by atoms with E-state index in [2.05, 4.69) is 17.6 Å². The van der Waals surface area contributed by atoms with E-state index in [0.717, 1.165) is 47.0 Å². The Bertz CT molecular complexity index is 880. The first-order valence-corrected chi connectivity index (χ1v) is 9.49. The number of carbonyl (C=O) groups is 1. The average molecular weight is 349 g/mol. The molecule has 3 rings (SSSR count). The van der Waals surface area contributed by atoms with Crippen LogP contribution in [-0.4, -0.2) is 17.0 Å². The van der Waals surface area contributed by atoms with Crippen molar-refractivity contribution in [2.45, 2.75) is 46.3 Å². The lowest BCUT2D eigenvalue weighted by Crippen LogP contribution is -2.15. The minimum Gasteiger partial charge on any atom is -0.358 e. The molecule has 0 aliphatic carbocycles. The molecule has 1 unspecified atom stereocenters. The lowest BCUT2D eigenvalue weighted by Gasteiger charge is -2.22. The van der Waals surface area contributed by atoms with Gasteiger partial charge in [0, 0.05) is 23.3 Å². The standard InChI is InChI=1S/C23H27NO2/c1-4-6-16-21(26-5-2)24-17(3)22(19-14-10-11-15-20(19)24)23(25)18-12-8-7-9-13-18/h7-15,21H,4-6,16H2,1-3H3. The molecule has 136 valence electrons. The molecule has 0 radical (unpaired) electrons. The lowest BCUT2D eigenvalue weighted by atomic mass is 10.0. The fourth-order valence-electron chi connectivity index (χ4n) is 3.64. The molecule has 0 bridgehead atoms. The highest BCUT2D eigenvalue weighted by molar-refractivity contribution is 6.17. The van der Waals surface area contributed by atoms with E-state index in [0.29, 0.717) is 6.61 Å². The first-order valence-electron chi connectivity index (χ1n) is 9.49. The summed E-state index contributed by atoms with van der Waals surface area (Å²) in [5.74, 6) is 0.0730. The first-order chi connectivity index (χ1) is 12.7. The fraction of sp³-hybridized carbons (Fsp3) is 0.348. The molecule has 3 heteroatoms. The number of rotatable bonds is 8. The van der Waals surface area contributed by atoms with Crippen LogP contribution in [0.25, 0.3) is 10.9 Å². The zero-order chi connectivity index (χ0) is 18.5. The molecular formula is C23H27NO2. The summed E-state index contributed by atoms with van der Waals surface area (Å²) >= 11 is 0. The predicted molar refractivity (Wildman–Crippen MR) is 107 cm³/mol. The Morgan fingerprint density at radius 1 is 1.04 bits per heavy atom. The van der Waals surface area contributed by atoms with Crippen LogP contribution in [0, 0.1) is 6.92 Å². The van der Waals surface area contributed by atoms with Gasteiger partial charge >= 0.3 is 0 Å². The van der Waals surface area contributed by atoms with Crippen LogP contribution in [0.3, 0.4) is 0 Å². The highest BCUT2D eigenvalue weighted by atomic mass is 16.5. The summed E-state index contributed by atoms with van der Waals surface area (Å²) in [5, 5.41) is 1.00. The number of unbranched alkanes of at least 4 members (excludes halogenated alkanes) is 1. The zero-order valence-electron chi connectivity index (χ0n) is 15.9. The van der Waals surface area contributed by atoms with Gasteiger partial charge in [-0.15, -0.1) is 0 Å². The Hall–Kier alpha value is -2.39. The fourth-order valence-corrected chi connectivity index (χ4v) is 3.64. The first kappa shape index (κ1) is 18.4. The minimum atomic E-state index is -0.0397. The Balaban J connectivity index is 2.16. The molecule has 0 saturated heterocycles. The van der Waals surface area contributed by atoms with E-state index in [1.165, 1.54) is 0 Å². The highest BCUT2D eigenvalue weighted by Gasteiger charge is 2.24. The van der Waals surface area contributed by atoms with Crippen LogP contribution in [0.1, 0.15) is 61.0 Å². The van der Waals surface area contributed by atoms with Crippen LogP contribution in [0.5, 0.6) is 0 Å². The van der Waals surface area contributed by atoms with E-state index in [4.69, 9.17) is 4.74 Å². The third-order valence-corrected chi connectivity index (χ3v) is 4.87. The normalized spacial score (nSPS) is 12.4. The van der Waals surface area contributed by atoms with Crippen molar-refractivity contribution in [1.82, 2.24) is 4.57 Å². The van der Waals surface area contributed by atoms with Gasteiger partial charge in [0.1, 0.15) is 6.23 Å². The number of aromatic nitrogens is 1. The van der Waals surface area contributed by atoms with Crippen molar-refractivity contribution in [2.75, 3.05) is 6.61 Å². The van der Waals surface area contributed by atoms with Crippen molar-refractivity contribution in [3.8, 4) is 0 Å². The third kappa shape index (κ3) is 3.45. The van der Waals surface area contributed by atoms with Crippen molar-refractivity contribution in [3.63, 3.8) is 0 Å². The molecular weight excluding hydrogens is 322 g/mol. The second kappa shape index (κ2) is 8.33. The number of ketones is 1. The van der Waals surface area contributed by atoms with Crippen LogP contribution in [0.2, 0.25) is 0 Å². The molecule has 0 aliphatic rings. The summed E-state index contributed by atoms with van der Waals surface area (Å²) in [6.45, 7) is 6.90. The Morgan fingerprint density at radius 3 is 2.42 bits per heavy atom. The third-order valence-electron chi connectivity index (χ3n) is 4.87. The van der Waals surface area contributed by atoms with Crippen molar-refractivity contribution in [3.05, 3.63) is 71.4 Å². The van der Waals surface area contributed by atoms with Gasteiger partial charge in [-0.2, -0.15) is 0 Å². The maximum Gasteiger partial charge on any atom is 0.195 e. The van der Waals surface area contributed by atoms with Gasteiger partial charge in [-0.25, -0.2) is 0 Å². The van der Waals surface area contributed by atoms with E-state index in [-0.39, 0.29) is 12.0 Å². The molecule has 0 spiro atoms. The maximum atomic E-state index is 13.2. The molecule has 3 nitrogen and oxygen atoms in total. The van der Waals surface area contributed by atoms with Crippen LogP contribution in [0.15, 0.2) is 54.6 Å². The van der Waals surface area contributed by atoms with E-state index >= 15 is 0 Å². The van der Waals surface area contributed by atoms with Crippen molar-refractivity contribution < 1.29 is 9.53 Å². The topological polar surface area (TPSA) is 31.2 Å². The Kier molecular flexibility index (Phi) is 5.89. The van der Waals surface area contributed by atoms with Gasteiger partial charge in [0.2, 0.25) is 0 Å². The molecule has 0 amide bonds. The number of nitrogens with zero attached hydrogens (tertiary/aromatic N) is 1. The van der Waals surface area contributed by atoms with Gasteiger partial charge in [0.25, 0.3) is 0 Å². The van der Waals surface area contributed by atoms with E-state index in [1.54, 1.807) is 0 Å². The van der Waals surface area contributed by atoms with Crippen LogP contribution in [-0.2, 0) is 4.74 Å². The number of benzene rings is 2. The molecule has 1 atom stereocenters. The number of hydrogen-bond acceptors (Lipinski definition) is 2. The largest absolute Gasteiger partial charge is 0.358 e. The quantitative estimate of drug-likeness (QED) is 0.474. The summed E-state index contributed by atoms with van der Waals surface area (Å²) < 4.78 is 8.28. The van der Waals surface area contributed by atoms with E-state index < -0.39 is 0 Å². The van der Waals surface area contributed by atoms with Gasteiger partial charge in [-0.3, -0.25) is 4.79 Å². The van der Waals surface area contributed by atoms with Crippen molar-refractivity contribution >= 4 is 16.7 Å². The number of fused-ring (bicyclic) bond motifs is 1. The highest BCUT2D eigenvalue weighted by Crippen LogP contribution is 2.33. The van der Waals surface area contributed by atoms with Crippen molar-refractivity contribution in [2.24, 2.45) is 0 Å². The van der Waals surface area contributed by atoms with Crippen LogP contribution < -0.4 is 0 Å². The van der Waals surface area contributed by atoms with Crippen LogP contribution >= 0.6 is 0 Å². The monoisotopic (exact) mass is 349 g/mol. The average Bonchev–Trinajstić information content (AvgIpc) is 2.97. The number of para-hydroxylation sites is 1. The summed E-state index contributed by atoms with van der Waals surface area (Å²) in [6, 6.07) is 17.7. The number of ether oxygens (including phenoxy) is 1. The minimum absolute atomic E-state index is 0.0397. The molecule has 0 aliphatic heterocycles. The van der Waals surface area contributed by atoms with Crippen LogP contribution in [0.4, 0.5) is 0 Å². The summed E-state index contributed by atoms with van der Waals surface area (Å²) in [6.07, 6.45) is 3.13. The summed E-state index contributed by atoms with van der Waals surface area (Å²) in [4.78, 5) is 13.2. The molecule has 0 fully saturated rings. The summed E-state index contributed by atoms with van der Waals surface area (Å²) in [5.41, 5.74) is 3.56. The molecule has 26 heavy (non-hydrogen) atoms. The van der Waals surface area contributed by atoms with Gasteiger partial charge in [0.15, 0.2) is 5.78 Å². The molecule has 3 aromatic rings. The predicted octanol–water partition coefficient (Wildman–Crippen LogP) is 5.91. The summed E-state index contributed by atoms with van der Waals surface area (Å²) in [7, 11) is 0. The Morgan fingerprint density at radius 2 is 1.73 bits per heavy atom. The second-order valence-corrected chi connectivity index (χ2v) is 6.59. The molecule has 1 aromatic heterocycles. The number of hydrogen-bond donors (Lipinski definition) is 0. The SMILES string of the molecule is CCCCC(OCC)n1c(C)c(C(=O)c2ccccc2)c2ccccc21. The molecule has 2 aromatic carbocycles. The Labute approximate surface area is 155 Å². The molecule has 0 N–H and O–H groups in total. The smallest absolute Gasteiger partial charge is 0.195 e. The number of carbonyl (C=O) groups excluding carboxylic acids is 1. The lowest BCUT2D eigenvalue weighted by molar-refractivity contribution is 0.00460. The van der Waals surface area contributed by atoms with Crippen molar-refractivity contribution in [1.29, 1.82) is 0 Å². The molecule has 0 saturated carbocycles. The van der Waals surface area contributed by atoms with Gasteiger partial charge in [-0.1, -0.05) is 61.9 Å². The van der Waals surface area contributed by atoms with E-state index in [1.807, 2.05) is 62.4 Å². The second-order valence-electron chi connectivity index (χ2n) is 6.59. The molecule has 1 heterocycles. The van der Waals surface area contributed by atoms with Gasteiger partial charge in [-0.05, 0) is 32.8 Å². The zero-order valence-corrected chi connectivity index (χ0v) is 15.9. The van der Waals surface area contributed by atoms with Gasteiger partial charge in [0.05, 0.1) is 11.1 Å². The van der Waals surface area contributed by atoms with Gasteiger partial charge < -0.3 is 9.30 Å². The maximum absolute atomic E-state index is 13.2. The van der Waals surface area contributed by atoms with E-state index in [9.17, 15) is 4.79 Å².